The molecule has 1 nitrogen and oxygen atoms in total. The van der Waals surface area contributed by atoms with Crippen molar-refractivity contribution in [3.63, 3.8) is 0 Å². The predicted octanol–water partition coefficient (Wildman–Crippen LogP) is 3.28. The van der Waals surface area contributed by atoms with Crippen LogP contribution in [-0.2, 0) is 0 Å². The van der Waals surface area contributed by atoms with Crippen LogP contribution in [0, 0.1) is 5.41 Å². The number of nitrogens with zero attached hydrogens (tertiary/aromatic N) is 1. The quantitative estimate of drug-likeness (QED) is 0.607. The molecule has 68 valence electrons. The van der Waals surface area contributed by atoms with E-state index in [1.54, 1.807) is 6.08 Å². The molecule has 0 aromatic heterocycles. The van der Waals surface area contributed by atoms with Crippen LogP contribution in [0.25, 0.3) is 0 Å². The van der Waals surface area contributed by atoms with E-state index in [1.807, 2.05) is 12.3 Å². The van der Waals surface area contributed by atoms with Gasteiger partial charge in [0.05, 0.1) is 5.71 Å². The lowest BCUT2D eigenvalue weighted by Gasteiger charge is -2.14. The Kier molecular flexibility index (Phi) is 2.66. The average molecular weight is 173 g/mol. The Morgan fingerprint density at radius 1 is 1.31 bits per heavy atom. The van der Waals surface area contributed by atoms with Crippen LogP contribution in [0.5, 0.6) is 0 Å². The first-order valence-corrected chi connectivity index (χ1v) is 4.33. The number of hydrogen-bond acceptors (Lipinski definition) is 1. The molecule has 1 aliphatic rings. The van der Waals surface area contributed by atoms with Crippen molar-refractivity contribution in [1.82, 2.24) is 0 Å². The van der Waals surface area contributed by atoms with E-state index in [0.717, 1.165) is 11.3 Å². The van der Waals surface area contributed by atoms with Gasteiger partial charge in [-0.15, -0.1) is 0 Å². The van der Waals surface area contributed by atoms with Crippen molar-refractivity contribution in [2.45, 2.75) is 13.8 Å². The SMILES string of the molecule is C=CC1=CC(C)(C)C=CN=C1C=C. The number of allylic oxidation sites excluding steroid dienone is 5. The lowest BCUT2D eigenvalue weighted by molar-refractivity contribution is 0.624. The van der Waals surface area contributed by atoms with Gasteiger partial charge in [-0.1, -0.05) is 45.2 Å². The Morgan fingerprint density at radius 3 is 2.54 bits per heavy atom. The third-order valence-corrected chi connectivity index (χ3v) is 1.95. The third-order valence-electron chi connectivity index (χ3n) is 1.95. The van der Waals surface area contributed by atoms with Crippen LogP contribution in [0.1, 0.15) is 13.8 Å². The van der Waals surface area contributed by atoms with E-state index < -0.39 is 0 Å². The molecule has 0 atom stereocenters. The van der Waals surface area contributed by atoms with Crippen LogP contribution in [0.2, 0.25) is 0 Å². The molecule has 1 rings (SSSR count). The van der Waals surface area contributed by atoms with Gasteiger partial charge < -0.3 is 0 Å². The van der Waals surface area contributed by atoms with E-state index in [0.29, 0.717) is 0 Å². The molecule has 1 heteroatoms. The van der Waals surface area contributed by atoms with Crippen molar-refractivity contribution in [3.05, 3.63) is 49.2 Å². The topological polar surface area (TPSA) is 12.4 Å². The van der Waals surface area contributed by atoms with Gasteiger partial charge in [0, 0.05) is 11.6 Å². The van der Waals surface area contributed by atoms with Gasteiger partial charge >= 0.3 is 0 Å². The average Bonchev–Trinajstić information content (AvgIpc) is 2.22. The van der Waals surface area contributed by atoms with Gasteiger partial charge in [0.1, 0.15) is 0 Å². The summed E-state index contributed by atoms with van der Waals surface area (Å²) in [6.45, 7) is 11.8. The van der Waals surface area contributed by atoms with Gasteiger partial charge in [-0.2, -0.15) is 0 Å². The molecule has 0 saturated carbocycles. The van der Waals surface area contributed by atoms with Crippen molar-refractivity contribution in [2.24, 2.45) is 10.4 Å². The molecule has 1 heterocycles. The number of hydrogen-bond donors (Lipinski definition) is 0. The fourth-order valence-electron chi connectivity index (χ4n) is 1.24. The highest BCUT2D eigenvalue weighted by atomic mass is 14.7. The lowest BCUT2D eigenvalue weighted by Crippen LogP contribution is -2.04. The second kappa shape index (κ2) is 3.56. The summed E-state index contributed by atoms with van der Waals surface area (Å²) in [4.78, 5) is 4.27. The summed E-state index contributed by atoms with van der Waals surface area (Å²) in [5.41, 5.74) is 1.97. The standard InChI is InChI=1S/C12H15N/c1-5-10-9-12(3,4)7-8-13-11(10)6-2/h5-9H,1-2H2,3-4H3. The summed E-state index contributed by atoms with van der Waals surface area (Å²) >= 11 is 0. The monoisotopic (exact) mass is 173 g/mol. The van der Waals surface area contributed by atoms with Gasteiger partial charge in [0.2, 0.25) is 0 Å². The molecular weight excluding hydrogens is 158 g/mol. The summed E-state index contributed by atoms with van der Waals surface area (Å²) in [5, 5.41) is 0. The Balaban J connectivity index is 3.18. The Bertz CT molecular complexity index is 314. The Labute approximate surface area is 79.9 Å². The molecule has 0 aliphatic carbocycles. The maximum Gasteiger partial charge on any atom is 0.0692 e. The molecule has 0 amide bonds. The summed E-state index contributed by atoms with van der Waals surface area (Å²) in [6.07, 6.45) is 9.59. The zero-order chi connectivity index (χ0) is 9.90. The third kappa shape index (κ3) is 2.28. The van der Waals surface area contributed by atoms with Crippen molar-refractivity contribution in [1.29, 1.82) is 0 Å². The molecule has 0 N–H and O–H groups in total. The van der Waals surface area contributed by atoms with Gasteiger partial charge in [-0.3, -0.25) is 4.99 Å². The molecule has 0 spiro atoms. The van der Waals surface area contributed by atoms with Crippen molar-refractivity contribution >= 4 is 5.71 Å². The van der Waals surface area contributed by atoms with E-state index in [2.05, 4.69) is 44.1 Å². The molecule has 0 saturated heterocycles. The molecule has 0 radical (unpaired) electrons. The molecule has 0 aromatic rings. The first-order valence-electron chi connectivity index (χ1n) is 4.33. The van der Waals surface area contributed by atoms with Gasteiger partial charge in [0.15, 0.2) is 0 Å². The van der Waals surface area contributed by atoms with Gasteiger partial charge in [0.25, 0.3) is 0 Å². The Morgan fingerprint density at radius 2 is 2.00 bits per heavy atom. The van der Waals surface area contributed by atoms with Crippen LogP contribution < -0.4 is 0 Å². The molecule has 0 unspecified atom stereocenters. The van der Waals surface area contributed by atoms with Crippen molar-refractivity contribution < 1.29 is 0 Å². The number of aliphatic imine (C=N–C) groups is 1. The fraction of sp³-hybridized carbons (Fsp3) is 0.250. The van der Waals surface area contributed by atoms with E-state index in [-0.39, 0.29) is 5.41 Å². The molecule has 0 aromatic carbocycles. The normalized spacial score (nSPS) is 19.8. The van der Waals surface area contributed by atoms with E-state index in [1.165, 1.54) is 0 Å². The van der Waals surface area contributed by atoms with Crippen LogP contribution in [0.3, 0.4) is 0 Å². The van der Waals surface area contributed by atoms with E-state index >= 15 is 0 Å². The summed E-state index contributed by atoms with van der Waals surface area (Å²) in [6, 6.07) is 0. The lowest BCUT2D eigenvalue weighted by atomic mass is 9.90. The highest BCUT2D eigenvalue weighted by Gasteiger charge is 2.14. The first-order chi connectivity index (χ1) is 6.09. The van der Waals surface area contributed by atoms with Gasteiger partial charge in [-0.05, 0) is 11.6 Å². The Hall–Kier alpha value is -1.37. The molecule has 1 aliphatic heterocycles. The largest absolute Gasteiger partial charge is 0.257 e. The smallest absolute Gasteiger partial charge is 0.0692 e. The highest BCUT2D eigenvalue weighted by molar-refractivity contribution is 6.10. The number of rotatable bonds is 2. The van der Waals surface area contributed by atoms with E-state index in [4.69, 9.17) is 0 Å². The van der Waals surface area contributed by atoms with Gasteiger partial charge in [-0.25, -0.2) is 0 Å². The maximum absolute atomic E-state index is 4.27. The van der Waals surface area contributed by atoms with Crippen molar-refractivity contribution in [3.8, 4) is 0 Å². The molecule has 0 bridgehead atoms. The van der Waals surface area contributed by atoms with E-state index in [9.17, 15) is 0 Å². The zero-order valence-electron chi connectivity index (χ0n) is 8.25. The van der Waals surface area contributed by atoms with Crippen LogP contribution >= 0.6 is 0 Å². The molecule has 13 heavy (non-hydrogen) atoms. The van der Waals surface area contributed by atoms with Crippen LogP contribution in [0.15, 0.2) is 54.2 Å². The first kappa shape index (κ1) is 9.72. The summed E-state index contributed by atoms with van der Waals surface area (Å²) < 4.78 is 0. The fourth-order valence-corrected chi connectivity index (χ4v) is 1.24. The second-order valence-corrected chi connectivity index (χ2v) is 3.66. The molecule has 0 fully saturated rings. The summed E-state index contributed by atoms with van der Waals surface area (Å²) in [5.74, 6) is 0. The highest BCUT2D eigenvalue weighted by Crippen LogP contribution is 2.24. The predicted molar refractivity (Wildman–Crippen MR) is 58.8 cm³/mol. The second-order valence-electron chi connectivity index (χ2n) is 3.66. The minimum absolute atomic E-state index is 0.0395. The maximum atomic E-state index is 4.27. The zero-order valence-corrected chi connectivity index (χ0v) is 8.25. The minimum Gasteiger partial charge on any atom is -0.257 e. The van der Waals surface area contributed by atoms with Crippen LogP contribution in [-0.4, -0.2) is 5.71 Å². The minimum atomic E-state index is 0.0395. The van der Waals surface area contributed by atoms with Crippen molar-refractivity contribution in [2.75, 3.05) is 0 Å². The molecular formula is C12H15N. The summed E-state index contributed by atoms with van der Waals surface area (Å²) in [7, 11) is 0. The van der Waals surface area contributed by atoms with Crippen LogP contribution in [0.4, 0.5) is 0 Å².